The fourth-order valence-electron chi connectivity index (χ4n) is 5.98. The SMILES string of the molecule is CCCCC/C=C\CCCCCCCC(=O)OCCCC/C=C\CCCCCCC(=O)NC(CO)C(O)CCCCCCCCCCC. The summed E-state index contributed by atoms with van der Waals surface area (Å²) >= 11 is 0. The average molecular weight is 678 g/mol. The number of rotatable bonds is 37. The Hall–Kier alpha value is -1.66. The first-order valence-corrected chi connectivity index (χ1v) is 20.6. The van der Waals surface area contributed by atoms with E-state index >= 15 is 0 Å². The van der Waals surface area contributed by atoms with Crippen LogP contribution >= 0.6 is 0 Å². The zero-order chi connectivity index (χ0) is 35.2. The smallest absolute Gasteiger partial charge is 0.305 e. The Morgan fingerprint density at radius 3 is 1.52 bits per heavy atom. The lowest BCUT2D eigenvalue weighted by Gasteiger charge is -2.22. The van der Waals surface area contributed by atoms with E-state index in [4.69, 9.17) is 4.74 Å². The van der Waals surface area contributed by atoms with Gasteiger partial charge in [-0.05, 0) is 77.0 Å². The number of carbonyl (C=O) groups excluding carboxylic acids is 2. The molecule has 0 aliphatic rings. The molecule has 0 bridgehead atoms. The van der Waals surface area contributed by atoms with Crippen LogP contribution in [-0.4, -0.2) is 47.4 Å². The Morgan fingerprint density at radius 1 is 0.562 bits per heavy atom. The van der Waals surface area contributed by atoms with Crippen LogP contribution < -0.4 is 5.32 Å². The highest BCUT2D eigenvalue weighted by atomic mass is 16.5. The Kier molecular flexibility index (Phi) is 36.8. The molecule has 0 aromatic rings. The number of aliphatic hydroxyl groups excluding tert-OH is 2. The second-order valence-electron chi connectivity index (χ2n) is 14.0. The highest BCUT2D eigenvalue weighted by Gasteiger charge is 2.20. The summed E-state index contributed by atoms with van der Waals surface area (Å²) in [5.41, 5.74) is 0. The zero-order valence-electron chi connectivity index (χ0n) is 31.7. The van der Waals surface area contributed by atoms with Crippen LogP contribution in [0.5, 0.6) is 0 Å². The number of nitrogens with one attached hydrogen (secondary N) is 1. The molecule has 282 valence electrons. The standard InChI is InChI=1S/C42H79NO5/c1-3-5-7-9-11-13-14-15-20-24-28-32-36-42(47)48-37-33-29-25-21-17-16-19-23-27-31-35-41(46)43-39(38-44)40(45)34-30-26-22-18-12-10-8-6-4-2/h11,13,17,21,39-40,44-45H,3-10,12,14-16,18-20,22-38H2,1-2H3,(H,43,46)/b13-11-,21-17-. The maximum Gasteiger partial charge on any atom is 0.305 e. The third kappa shape index (κ3) is 34.2. The molecule has 0 saturated carbocycles. The summed E-state index contributed by atoms with van der Waals surface area (Å²) < 4.78 is 5.39. The molecule has 6 heteroatoms. The van der Waals surface area contributed by atoms with Crippen LogP contribution in [-0.2, 0) is 14.3 Å². The molecule has 0 aromatic carbocycles. The molecule has 0 heterocycles. The van der Waals surface area contributed by atoms with Crippen LogP contribution in [0.1, 0.15) is 206 Å². The van der Waals surface area contributed by atoms with E-state index in [1.54, 1.807) is 0 Å². The Morgan fingerprint density at radius 2 is 0.979 bits per heavy atom. The molecule has 3 N–H and O–H groups in total. The van der Waals surface area contributed by atoms with Gasteiger partial charge >= 0.3 is 5.97 Å². The van der Waals surface area contributed by atoms with Gasteiger partial charge in [0, 0.05) is 12.8 Å². The molecule has 2 unspecified atom stereocenters. The molecule has 0 fully saturated rings. The average Bonchev–Trinajstić information content (AvgIpc) is 3.08. The summed E-state index contributed by atoms with van der Waals surface area (Å²) in [6.07, 6.45) is 41.3. The van der Waals surface area contributed by atoms with Gasteiger partial charge in [0.05, 0.1) is 25.4 Å². The zero-order valence-corrected chi connectivity index (χ0v) is 31.7. The first-order chi connectivity index (χ1) is 23.5. The number of unbranched alkanes of at least 4 members (excludes halogenated alkanes) is 22. The predicted molar refractivity (Wildman–Crippen MR) is 204 cm³/mol. The van der Waals surface area contributed by atoms with Gasteiger partial charge in [-0.25, -0.2) is 0 Å². The quantitative estimate of drug-likeness (QED) is 0.0345. The topological polar surface area (TPSA) is 95.9 Å². The van der Waals surface area contributed by atoms with Gasteiger partial charge in [0.2, 0.25) is 5.91 Å². The largest absolute Gasteiger partial charge is 0.466 e. The van der Waals surface area contributed by atoms with Crippen molar-refractivity contribution in [2.45, 2.75) is 219 Å². The second-order valence-corrected chi connectivity index (χ2v) is 14.0. The lowest BCUT2D eigenvalue weighted by molar-refractivity contribution is -0.143. The van der Waals surface area contributed by atoms with Crippen LogP contribution in [0.3, 0.4) is 0 Å². The molecule has 0 saturated heterocycles. The normalized spacial score (nSPS) is 13.0. The predicted octanol–water partition coefficient (Wildman–Crippen LogP) is 11.2. The van der Waals surface area contributed by atoms with Crippen LogP contribution in [0.25, 0.3) is 0 Å². The van der Waals surface area contributed by atoms with Crippen LogP contribution in [0, 0.1) is 0 Å². The molecule has 0 aromatic heterocycles. The van der Waals surface area contributed by atoms with E-state index in [2.05, 4.69) is 43.5 Å². The van der Waals surface area contributed by atoms with Gasteiger partial charge < -0.3 is 20.3 Å². The lowest BCUT2D eigenvalue weighted by atomic mass is 10.0. The van der Waals surface area contributed by atoms with Gasteiger partial charge in [-0.15, -0.1) is 0 Å². The highest BCUT2D eigenvalue weighted by molar-refractivity contribution is 5.76. The molecule has 2 atom stereocenters. The Bertz CT molecular complexity index is 752. The van der Waals surface area contributed by atoms with Gasteiger partial charge in [-0.3, -0.25) is 9.59 Å². The van der Waals surface area contributed by atoms with E-state index in [9.17, 15) is 19.8 Å². The van der Waals surface area contributed by atoms with Crippen molar-refractivity contribution in [1.82, 2.24) is 5.32 Å². The molecule has 0 aliphatic carbocycles. The lowest BCUT2D eigenvalue weighted by Crippen LogP contribution is -2.45. The maximum atomic E-state index is 12.3. The van der Waals surface area contributed by atoms with Crippen molar-refractivity contribution in [3.8, 4) is 0 Å². The fraction of sp³-hybridized carbons (Fsp3) is 0.857. The third-order valence-corrected chi connectivity index (χ3v) is 9.22. The van der Waals surface area contributed by atoms with Crippen molar-refractivity contribution in [3.05, 3.63) is 24.3 Å². The number of esters is 1. The van der Waals surface area contributed by atoms with E-state index in [-0.39, 0.29) is 18.5 Å². The molecule has 6 nitrogen and oxygen atoms in total. The van der Waals surface area contributed by atoms with Gasteiger partial charge in [-0.1, -0.05) is 141 Å². The van der Waals surface area contributed by atoms with E-state index in [1.165, 1.54) is 96.3 Å². The van der Waals surface area contributed by atoms with Crippen LogP contribution in [0.2, 0.25) is 0 Å². The molecule has 0 radical (unpaired) electrons. The highest BCUT2D eigenvalue weighted by Crippen LogP contribution is 2.14. The first kappa shape index (κ1) is 46.3. The molecule has 0 aliphatic heterocycles. The van der Waals surface area contributed by atoms with Crippen molar-refractivity contribution >= 4 is 11.9 Å². The van der Waals surface area contributed by atoms with Crippen molar-refractivity contribution < 1.29 is 24.5 Å². The van der Waals surface area contributed by atoms with Crippen molar-refractivity contribution in [2.75, 3.05) is 13.2 Å². The molecule has 0 spiro atoms. The molecule has 48 heavy (non-hydrogen) atoms. The van der Waals surface area contributed by atoms with E-state index in [0.29, 0.717) is 25.9 Å². The number of hydrogen-bond donors (Lipinski definition) is 3. The van der Waals surface area contributed by atoms with Crippen LogP contribution in [0.15, 0.2) is 24.3 Å². The minimum atomic E-state index is -0.683. The summed E-state index contributed by atoms with van der Waals surface area (Å²) in [4.78, 5) is 24.3. The van der Waals surface area contributed by atoms with E-state index in [1.807, 2.05) is 0 Å². The van der Waals surface area contributed by atoms with Gasteiger partial charge in [0.15, 0.2) is 0 Å². The first-order valence-electron chi connectivity index (χ1n) is 20.6. The minimum absolute atomic E-state index is 0.0480. The number of allylic oxidation sites excluding steroid dienone is 4. The molecule has 0 rings (SSSR count). The monoisotopic (exact) mass is 678 g/mol. The van der Waals surface area contributed by atoms with E-state index in [0.717, 1.165) is 77.0 Å². The van der Waals surface area contributed by atoms with E-state index < -0.39 is 12.1 Å². The summed E-state index contributed by atoms with van der Waals surface area (Å²) in [5, 5.41) is 22.9. The molecular weight excluding hydrogens is 598 g/mol. The Balaban J connectivity index is 3.55. The van der Waals surface area contributed by atoms with Crippen molar-refractivity contribution in [2.24, 2.45) is 0 Å². The fourth-order valence-corrected chi connectivity index (χ4v) is 5.98. The number of hydrogen-bond acceptors (Lipinski definition) is 5. The van der Waals surface area contributed by atoms with Gasteiger partial charge in [-0.2, -0.15) is 0 Å². The number of amides is 1. The maximum absolute atomic E-state index is 12.3. The van der Waals surface area contributed by atoms with Crippen molar-refractivity contribution in [1.29, 1.82) is 0 Å². The summed E-state index contributed by atoms with van der Waals surface area (Å²) in [6.45, 7) is 4.79. The summed E-state index contributed by atoms with van der Waals surface area (Å²) in [7, 11) is 0. The second kappa shape index (κ2) is 38.1. The Labute approximate surface area is 297 Å². The summed E-state index contributed by atoms with van der Waals surface area (Å²) in [6, 6.07) is -0.564. The number of ether oxygens (including phenoxy) is 1. The molecule has 1 amide bonds. The van der Waals surface area contributed by atoms with Crippen molar-refractivity contribution in [3.63, 3.8) is 0 Å². The third-order valence-electron chi connectivity index (χ3n) is 9.22. The van der Waals surface area contributed by atoms with Gasteiger partial charge in [0.1, 0.15) is 0 Å². The van der Waals surface area contributed by atoms with Gasteiger partial charge in [0.25, 0.3) is 0 Å². The number of carbonyl (C=O) groups is 2. The number of aliphatic hydroxyl groups is 2. The minimum Gasteiger partial charge on any atom is -0.466 e. The summed E-state index contributed by atoms with van der Waals surface area (Å²) in [5.74, 6) is -0.124. The molecular formula is C42H79NO5. The van der Waals surface area contributed by atoms with Crippen LogP contribution in [0.4, 0.5) is 0 Å².